The molecule has 0 aliphatic carbocycles. The van der Waals surface area contributed by atoms with E-state index < -0.39 is 0 Å². The molecular weight excluding hydrogens is 428 g/mol. The Morgan fingerprint density at radius 2 is 1.94 bits per heavy atom. The number of carbonyl (C=O) groups is 2. The number of benzene rings is 1. The van der Waals surface area contributed by atoms with Crippen molar-refractivity contribution in [3.05, 3.63) is 79.7 Å². The molecule has 0 fully saturated rings. The van der Waals surface area contributed by atoms with E-state index in [2.05, 4.69) is 42.6 Å². The number of ether oxygens (including phenoxy) is 1. The van der Waals surface area contributed by atoms with Gasteiger partial charge in [-0.1, -0.05) is 35.9 Å². The zero-order valence-electron chi connectivity index (χ0n) is 17.7. The number of fused-ring (bicyclic) bond motifs is 1. The van der Waals surface area contributed by atoms with Gasteiger partial charge >= 0.3 is 0 Å². The lowest BCUT2D eigenvalue weighted by Crippen LogP contribution is -2.47. The smallest absolute Gasteiger partial charge is 0.264 e. The van der Waals surface area contributed by atoms with Crippen LogP contribution in [0.25, 0.3) is 0 Å². The maximum Gasteiger partial charge on any atom is 0.264 e. The molecule has 3 heterocycles. The van der Waals surface area contributed by atoms with Crippen molar-refractivity contribution < 1.29 is 14.3 Å². The van der Waals surface area contributed by atoms with Gasteiger partial charge in [0, 0.05) is 25.1 Å². The second-order valence-electron chi connectivity index (χ2n) is 7.65. The highest BCUT2D eigenvalue weighted by Gasteiger charge is 2.34. The molecule has 0 saturated carbocycles. The molecule has 162 valence electrons. The summed E-state index contributed by atoms with van der Waals surface area (Å²) in [5.74, 6) is -0.163. The van der Waals surface area contributed by atoms with Gasteiger partial charge in [-0.25, -0.2) is 0 Å². The fourth-order valence-electron chi connectivity index (χ4n) is 3.96. The predicted molar refractivity (Wildman–Crippen MR) is 125 cm³/mol. The highest BCUT2D eigenvalue weighted by Crippen LogP contribution is 2.38. The molecule has 1 aliphatic heterocycles. The minimum absolute atomic E-state index is 0.0385. The van der Waals surface area contributed by atoms with E-state index in [0.717, 1.165) is 12.0 Å². The van der Waals surface area contributed by atoms with Crippen LogP contribution < -0.4 is 0 Å². The van der Waals surface area contributed by atoms with E-state index in [9.17, 15) is 9.59 Å². The Morgan fingerprint density at radius 1 is 1.13 bits per heavy atom. The predicted octanol–water partition coefficient (Wildman–Crippen LogP) is 4.38. The molecule has 4 rings (SSSR count). The highest BCUT2D eigenvalue weighted by molar-refractivity contribution is 7.12. The number of hydrogen-bond acceptors (Lipinski definition) is 5. The van der Waals surface area contributed by atoms with Crippen molar-refractivity contribution in [2.45, 2.75) is 19.4 Å². The summed E-state index contributed by atoms with van der Waals surface area (Å²) in [6.07, 6.45) is 0.845. The third-order valence-electron chi connectivity index (χ3n) is 5.59. The summed E-state index contributed by atoms with van der Waals surface area (Å²) >= 11 is 3.14. The first-order valence-electron chi connectivity index (χ1n) is 10.3. The summed E-state index contributed by atoms with van der Waals surface area (Å²) in [6.45, 7) is 3.53. The zero-order valence-corrected chi connectivity index (χ0v) is 19.4. The second kappa shape index (κ2) is 9.77. The molecule has 0 N–H and O–H groups in total. The van der Waals surface area contributed by atoms with Crippen molar-refractivity contribution in [3.8, 4) is 0 Å². The Kier molecular flexibility index (Phi) is 6.85. The van der Waals surface area contributed by atoms with Crippen LogP contribution in [0.15, 0.2) is 53.2 Å². The van der Waals surface area contributed by atoms with Gasteiger partial charge in [-0.3, -0.25) is 9.59 Å². The number of methoxy groups -OCH3 is 1. The third kappa shape index (κ3) is 4.74. The Balaban J connectivity index is 1.60. The normalized spacial score (nSPS) is 15.5. The summed E-state index contributed by atoms with van der Waals surface area (Å²) < 4.78 is 5.19. The lowest BCUT2D eigenvalue weighted by molar-refractivity contribution is -0.134. The maximum atomic E-state index is 13.5. The van der Waals surface area contributed by atoms with Gasteiger partial charge in [0.1, 0.15) is 6.54 Å². The molecule has 3 aromatic rings. The molecule has 0 saturated heterocycles. The van der Waals surface area contributed by atoms with Crippen molar-refractivity contribution in [3.63, 3.8) is 0 Å². The molecular formula is C24H26N2O3S2. The van der Waals surface area contributed by atoms with Crippen LogP contribution in [-0.4, -0.2) is 55.0 Å². The standard InChI is InChI=1S/C24H26N2O3S2/c1-17-5-7-18(8-6-17)23-19-10-15-31-20(19)9-11-26(23)22(27)16-25(12-13-29-2)24(28)21-4-3-14-30-21/h3-8,10,14-15,23H,9,11-13,16H2,1-2H3. The molecule has 31 heavy (non-hydrogen) atoms. The Bertz CT molecular complexity index is 1030. The quantitative estimate of drug-likeness (QED) is 0.532. The van der Waals surface area contributed by atoms with E-state index in [-0.39, 0.29) is 24.4 Å². The SMILES string of the molecule is COCCN(CC(=O)N1CCc2sccc2C1c1ccc(C)cc1)C(=O)c1cccs1. The number of hydrogen-bond donors (Lipinski definition) is 0. The Hall–Kier alpha value is -2.48. The monoisotopic (exact) mass is 454 g/mol. The molecule has 1 aromatic carbocycles. The van der Waals surface area contributed by atoms with Gasteiger partial charge in [-0.2, -0.15) is 0 Å². The molecule has 1 unspecified atom stereocenters. The number of nitrogens with zero attached hydrogens (tertiary/aromatic N) is 2. The van der Waals surface area contributed by atoms with Crippen LogP contribution in [-0.2, 0) is 16.0 Å². The van der Waals surface area contributed by atoms with Crippen LogP contribution >= 0.6 is 22.7 Å². The van der Waals surface area contributed by atoms with Gasteiger partial charge in [0.25, 0.3) is 5.91 Å². The average molecular weight is 455 g/mol. The van der Waals surface area contributed by atoms with Gasteiger partial charge in [0.05, 0.1) is 17.5 Å². The van der Waals surface area contributed by atoms with Gasteiger partial charge in [0.15, 0.2) is 0 Å². The van der Waals surface area contributed by atoms with E-state index in [1.165, 1.54) is 27.3 Å². The van der Waals surface area contributed by atoms with E-state index in [1.807, 2.05) is 16.3 Å². The van der Waals surface area contributed by atoms with Gasteiger partial charge in [-0.05, 0) is 47.4 Å². The van der Waals surface area contributed by atoms with Crippen molar-refractivity contribution >= 4 is 34.5 Å². The summed E-state index contributed by atoms with van der Waals surface area (Å²) in [4.78, 5) is 32.0. The Morgan fingerprint density at radius 3 is 2.65 bits per heavy atom. The fourth-order valence-corrected chi connectivity index (χ4v) is 5.55. The number of amides is 2. The van der Waals surface area contributed by atoms with Crippen LogP contribution in [0.5, 0.6) is 0 Å². The van der Waals surface area contributed by atoms with Crippen LogP contribution in [0.3, 0.4) is 0 Å². The topological polar surface area (TPSA) is 49.9 Å². The van der Waals surface area contributed by atoms with Crippen LogP contribution in [0, 0.1) is 6.92 Å². The summed E-state index contributed by atoms with van der Waals surface area (Å²) in [5.41, 5.74) is 3.49. The van der Waals surface area contributed by atoms with Crippen LogP contribution in [0.4, 0.5) is 0 Å². The highest BCUT2D eigenvalue weighted by atomic mass is 32.1. The summed E-state index contributed by atoms with van der Waals surface area (Å²) in [6, 6.07) is 14.0. The first-order chi connectivity index (χ1) is 15.1. The van der Waals surface area contributed by atoms with E-state index in [4.69, 9.17) is 4.74 Å². The van der Waals surface area contributed by atoms with Crippen molar-refractivity contribution in [2.24, 2.45) is 0 Å². The fraction of sp³-hybridized carbons (Fsp3) is 0.333. The molecule has 1 atom stereocenters. The van der Waals surface area contributed by atoms with E-state index >= 15 is 0 Å². The summed E-state index contributed by atoms with van der Waals surface area (Å²) in [7, 11) is 1.60. The van der Waals surface area contributed by atoms with Crippen LogP contribution in [0.1, 0.15) is 37.3 Å². The molecule has 0 radical (unpaired) electrons. The summed E-state index contributed by atoms with van der Waals surface area (Å²) in [5, 5.41) is 3.98. The van der Waals surface area contributed by atoms with Crippen molar-refractivity contribution in [2.75, 3.05) is 33.4 Å². The van der Waals surface area contributed by atoms with Crippen molar-refractivity contribution in [1.82, 2.24) is 9.80 Å². The van der Waals surface area contributed by atoms with E-state index in [1.54, 1.807) is 29.4 Å². The molecule has 7 heteroatoms. The van der Waals surface area contributed by atoms with Gasteiger partial charge in [-0.15, -0.1) is 22.7 Å². The molecule has 0 bridgehead atoms. The van der Waals surface area contributed by atoms with E-state index in [0.29, 0.717) is 24.6 Å². The molecule has 1 aliphatic rings. The lowest BCUT2D eigenvalue weighted by atomic mass is 9.92. The largest absolute Gasteiger partial charge is 0.383 e. The van der Waals surface area contributed by atoms with Gasteiger partial charge in [0.2, 0.25) is 5.91 Å². The number of thiophene rings is 2. The van der Waals surface area contributed by atoms with Gasteiger partial charge < -0.3 is 14.5 Å². The van der Waals surface area contributed by atoms with Crippen molar-refractivity contribution in [1.29, 1.82) is 0 Å². The molecule has 5 nitrogen and oxygen atoms in total. The minimum atomic E-state index is -0.125. The molecule has 2 amide bonds. The molecule has 0 spiro atoms. The second-order valence-corrected chi connectivity index (χ2v) is 9.59. The first-order valence-corrected chi connectivity index (χ1v) is 12.1. The average Bonchev–Trinajstić information content (AvgIpc) is 3.48. The number of carbonyl (C=O) groups excluding carboxylic acids is 2. The lowest BCUT2D eigenvalue weighted by Gasteiger charge is -2.37. The zero-order chi connectivity index (χ0) is 21.8. The van der Waals surface area contributed by atoms with Crippen LogP contribution in [0.2, 0.25) is 0 Å². The number of aryl methyl sites for hydroxylation is 1. The molecule has 2 aromatic heterocycles. The Labute approximate surface area is 190 Å². The first kappa shape index (κ1) is 21.7. The minimum Gasteiger partial charge on any atom is -0.383 e. The number of rotatable bonds is 7. The maximum absolute atomic E-state index is 13.5. The third-order valence-corrected chi connectivity index (χ3v) is 7.44.